The third-order valence-electron chi connectivity index (χ3n) is 4.38. The highest BCUT2D eigenvalue weighted by atomic mass is 35.5. The standard InChI is InChI=1S/C19H18Cl2N4O3/c1-11(9-16(26)27)25(15-5-3-4-8-22-15)19(28)12-6-7-14-13(10-12)23-18(17(20)21)24(14)2/h3-8,10-11,17H,9H2,1-2H3,(H,26,27). The van der Waals surface area contributed by atoms with Gasteiger partial charge in [-0.15, -0.1) is 0 Å². The summed E-state index contributed by atoms with van der Waals surface area (Å²) in [5, 5.41) is 9.16. The number of carbonyl (C=O) groups is 2. The molecule has 1 aromatic carbocycles. The van der Waals surface area contributed by atoms with E-state index in [9.17, 15) is 9.59 Å². The molecule has 0 aliphatic carbocycles. The van der Waals surface area contributed by atoms with Gasteiger partial charge in [0.2, 0.25) is 0 Å². The average Bonchev–Trinajstić information content (AvgIpc) is 2.98. The Kier molecular flexibility index (Phi) is 5.86. The van der Waals surface area contributed by atoms with Gasteiger partial charge in [0.15, 0.2) is 4.84 Å². The van der Waals surface area contributed by atoms with Crippen molar-refractivity contribution in [3.8, 4) is 0 Å². The molecule has 9 heteroatoms. The summed E-state index contributed by atoms with van der Waals surface area (Å²) in [6.45, 7) is 1.67. The minimum absolute atomic E-state index is 0.210. The number of carboxylic acid groups (broad SMARTS) is 1. The van der Waals surface area contributed by atoms with Gasteiger partial charge < -0.3 is 9.67 Å². The van der Waals surface area contributed by atoms with Gasteiger partial charge in [-0.3, -0.25) is 14.5 Å². The number of amides is 1. The molecule has 1 unspecified atom stereocenters. The number of fused-ring (bicyclic) bond motifs is 1. The van der Waals surface area contributed by atoms with Crippen LogP contribution >= 0.6 is 23.2 Å². The van der Waals surface area contributed by atoms with Crippen LogP contribution in [0.2, 0.25) is 0 Å². The molecule has 0 aliphatic heterocycles. The number of alkyl halides is 2. The number of halogens is 2. The Morgan fingerprint density at radius 1 is 1.25 bits per heavy atom. The molecule has 0 fully saturated rings. The first-order valence-corrected chi connectivity index (χ1v) is 9.37. The summed E-state index contributed by atoms with van der Waals surface area (Å²) in [4.78, 5) is 33.6. The lowest BCUT2D eigenvalue weighted by molar-refractivity contribution is -0.137. The summed E-state index contributed by atoms with van der Waals surface area (Å²) in [6, 6.07) is 9.60. The summed E-state index contributed by atoms with van der Waals surface area (Å²) in [6.07, 6.45) is 1.34. The van der Waals surface area contributed by atoms with Crippen LogP contribution in [0.15, 0.2) is 42.6 Å². The topological polar surface area (TPSA) is 88.3 Å². The van der Waals surface area contributed by atoms with Crippen LogP contribution < -0.4 is 4.90 Å². The van der Waals surface area contributed by atoms with E-state index in [0.717, 1.165) is 5.52 Å². The zero-order valence-corrected chi connectivity index (χ0v) is 16.7. The smallest absolute Gasteiger partial charge is 0.305 e. The Morgan fingerprint density at radius 2 is 2.00 bits per heavy atom. The van der Waals surface area contributed by atoms with E-state index in [-0.39, 0.29) is 12.3 Å². The zero-order chi connectivity index (χ0) is 20.4. The number of benzene rings is 1. The lowest BCUT2D eigenvalue weighted by atomic mass is 10.1. The average molecular weight is 421 g/mol. The van der Waals surface area contributed by atoms with Gasteiger partial charge in [0.05, 0.1) is 17.5 Å². The maximum Gasteiger partial charge on any atom is 0.305 e. The number of carbonyl (C=O) groups excluding carboxylic acids is 1. The Balaban J connectivity index is 2.04. The lowest BCUT2D eigenvalue weighted by Gasteiger charge is -2.27. The van der Waals surface area contributed by atoms with Crippen LogP contribution in [-0.2, 0) is 11.8 Å². The normalized spacial score (nSPS) is 12.3. The van der Waals surface area contributed by atoms with E-state index in [1.165, 1.54) is 4.90 Å². The van der Waals surface area contributed by atoms with Crippen molar-refractivity contribution in [1.29, 1.82) is 0 Å². The molecule has 146 valence electrons. The quantitative estimate of drug-likeness (QED) is 0.609. The molecule has 0 bridgehead atoms. The predicted molar refractivity (Wildman–Crippen MR) is 108 cm³/mol. The Bertz CT molecular complexity index is 1020. The molecule has 3 rings (SSSR count). The van der Waals surface area contributed by atoms with Crippen molar-refractivity contribution in [3.63, 3.8) is 0 Å². The minimum Gasteiger partial charge on any atom is -0.481 e. The van der Waals surface area contributed by atoms with Crippen LogP contribution in [0.1, 0.15) is 34.4 Å². The van der Waals surface area contributed by atoms with E-state index in [0.29, 0.717) is 22.7 Å². The van der Waals surface area contributed by atoms with E-state index in [4.69, 9.17) is 28.3 Å². The van der Waals surface area contributed by atoms with Crippen LogP contribution in [-0.4, -0.2) is 37.6 Å². The van der Waals surface area contributed by atoms with Crippen molar-refractivity contribution in [2.75, 3.05) is 4.90 Å². The van der Waals surface area contributed by atoms with Crippen LogP contribution in [0.4, 0.5) is 5.82 Å². The van der Waals surface area contributed by atoms with Crippen molar-refractivity contribution in [1.82, 2.24) is 14.5 Å². The maximum atomic E-state index is 13.2. The fourth-order valence-corrected chi connectivity index (χ4v) is 3.45. The first kappa shape index (κ1) is 20.1. The number of carboxylic acids is 1. The van der Waals surface area contributed by atoms with Gasteiger partial charge in [-0.2, -0.15) is 0 Å². The molecular formula is C19H18Cl2N4O3. The van der Waals surface area contributed by atoms with E-state index >= 15 is 0 Å². The number of pyridine rings is 1. The van der Waals surface area contributed by atoms with Crippen molar-refractivity contribution in [2.24, 2.45) is 7.05 Å². The molecule has 1 amide bonds. The second kappa shape index (κ2) is 8.16. The fraction of sp³-hybridized carbons (Fsp3) is 0.263. The van der Waals surface area contributed by atoms with Gasteiger partial charge in [-0.05, 0) is 37.3 Å². The van der Waals surface area contributed by atoms with E-state index in [1.54, 1.807) is 61.1 Å². The summed E-state index contributed by atoms with van der Waals surface area (Å²) >= 11 is 11.9. The van der Waals surface area contributed by atoms with Gasteiger partial charge in [-0.25, -0.2) is 9.97 Å². The van der Waals surface area contributed by atoms with Gasteiger partial charge in [-0.1, -0.05) is 29.3 Å². The molecule has 2 aromatic heterocycles. The minimum atomic E-state index is -0.999. The first-order valence-electron chi connectivity index (χ1n) is 8.50. The number of aromatic nitrogens is 3. The first-order chi connectivity index (χ1) is 13.3. The zero-order valence-electron chi connectivity index (χ0n) is 15.2. The summed E-state index contributed by atoms with van der Waals surface area (Å²) in [7, 11) is 1.79. The Hall–Kier alpha value is -2.64. The molecule has 0 spiro atoms. The Morgan fingerprint density at radius 3 is 2.61 bits per heavy atom. The number of aliphatic carboxylic acids is 1. The third kappa shape index (κ3) is 3.95. The van der Waals surface area contributed by atoms with Gasteiger partial charge in [0.1, 0.15) is 11.6 Å². The molecular weight excluding hydrogens is 403 g/mol. The highest BCUT2D eigenvalue weighted by Gasteiger charge is 2.26. The van der Waals surface area contributed by atoms with Gasteiger partial charge in [0.25, 0.3) is 5.91 Å². The van der Waals surface area contributed by atoms with E-state index < -0.39 is 16.8 Å². The van der Waals surface area contributed by atoms with Crippen LogP contribution in [0.3, 0.4) is 0 Å². The monoisotopic (exact) mass is 420 g/mol. The van der Waals surface area contributed by atoms with Crippen molar-refractivity contribution >= 4 is 51.9 Å². The van der Waals surface area contributed by atoms with Crippen molar-refractivity contribution < 1.29 is 14.7 Å². The Labute approximate surface area is 171 Å². The molecule has 0 aliphatic rings. The molecule has 1 N–H and O–H groups in total. The predicted octanol–water partition coefficient (Wildman–Crippen LogP) is 3.95. The summed E-state index contributed by atoms with van der Waals surface area (Å²) in [5.41, 5.74) is 1.71. The number of aryl methyl sites for hydroxylation is 1. The summed E-state index contributed by atoms with van der Waals surface area (Å²) in [5.74, 6) is -0.510. The van der Waals surface area contributed by atoms with E-state index in [2.05, 4.69) is 9.97 Å². The van der Waals surface area contributed by atoms with Gasteiger partial charge >= 0.3 is 5.97 Å². The number of hydrogen-bond acceptors (Lipinski definition) is 4. The van der Waals surface area contributed by atoms with Gasteiger partial charge in [0, 0.05) is 24.8 Å². The molecule has 1 atom stereocenters. The van der Waals surface area contributed by atoms with Crippen LogP contribution in [0.5, 0.6) is 0 Å². The number of anilines is 1. The van der Waals surface area contributed by atoms with Crippen LogP contribution in [0, 0.1) is 0 Å². The molecule has 28 heavy (non-hydrogen) atoms. The van der Waals surface area contributed by atoms with Crippen molar-refractivity contribution in [2.45, 2.75) is 24.2 Å². The maximum absolute atomic E-state index is 13.2. The molecule has 0 saturated carbocycles. The number of imidazole rings is 1. The van der Waals surface area contributed by atoms with Crippen LogP contribution in [0.25, 0.3) is 11.0 Å². The van der Waals surface area contributed by atoms with Crippen molar-refractivity contribution in [3.05, 3.63) is 54.0 Å². The second-order valence-corrected chi connectivity index (χ2v) is 7.44. The number of nitrogens with zero attached hydrogens (tertiary/aromatic N) is 4. The highest BCUT2D eigenvalue weighted by molar-refractivity contribution is 6.43. The lowest BCUT2D eigenvalue weighted by Crippen LogP contribution is -2.40. The molecule has 3 aromatic rings. The summed E-state index contributed by atoms with van der Waals surface area (Å²) < 4.78 is 1.76. The highest BCUT2D eigenvalue weighted by Crippen LogP contribution is 2.28. The second-order valence-electron chi connectivity index (χ2n) is 6.34. The fourth-order valence-electron chi connectivity index (χ4n) is 3.06. The molecule has 7 nitrogen and oxygen atoms in total. The number of rotatable bonds is 6. The largest absolute Gasteiger partial charge is 0.481 e. The molecule has 2 heterocycles. The SMILES string of the molecule is CC(CC(=O)O)N(C(=O)c1ccc2c(c1)nc(C(Cl)Cl)n2C)c1ccccn1. The number of hydrogen-bond donors (Lipinski definition) is 1. The third-order valence-corrected chi connectivity index (χ3v) is 4.77. The molecule has 0 radical (unpaired) electrons. The van der Waals surface area contributed by atoms with E-state index in [1.807, 2.05) is 0 Å². The molecule has 0 saturated heterocycles.